The van der Waals surface area contributed by atoms with Gasteiger partial charge in [0.2, 0.25) is 0 Å². The van der Waals surface area contributed by atoms with Crippen LogP contribution in [0.2, 0.25) is 0 Å². The summed E-state index contributed by atoms with van der Waals surface area (Å²) in [7, 11) is 0. The Morgan fingerprint density at radius 3 is 2.82 bits per heavy atom. The molecule has 0 aliphatic carbocycles. The van der Waals surface area contributed by atoms with E-state index < -0.39 is 5.60 Å². The van der Waals surface area contributed by atoms with Gasteiger partial charge in [0.05, 0.1) is 18.6 Å². The Hall–Kier alpha value is -1.84. The van der Waals surface area contributed by atoms with E-state index >= 15 is 0 Å². The molecule has 1 aromatic carbocycles. The van der Waals surface area contributed by atoms with Crippen molar-refractivity contribution in [2.24, 2.45) is 0 Å². The second-order valence-electron chi connectivity index (χ2n) is 4.15. The number of carbonyl (C=O) groups excluding carboxylic acids is 2. The van der Waals surface area contributed by atoms with Gasteiger partial charge in [-0.1, -0.05) is 18.2 Å². The highest BCUT2D eigenvalue weighted by Gasteiger charge is 2.43. The number of hydrogen-bond donors (Lipinski definition) is 0. The fourth-order valence-electron chi connectivity index (χ4n) is 2.06. The predicted octanol–water partition coefficient (Wildman–Crippen LogP) is 2.03. The molecule has 0 amide bonds. The van der Waals surface area contributed by atoms with E-state index in [1.54, 1.807) is 32.0 Å². The third kappa shape index (κ3) is 2.02. The van der Waals surface area contributed by atoms with E-state index in [1.807, 2.05) is 6.07 Å². The lowest BCUT2D eigenvalue weighted by molar-refractivity contribution is -0.148. The minimum atomic E-state index is -0.903. The van der Waals surface area contributed by atoms with Gasteiger partial charge in [-0.25, -0.2) is 4.79 Å². The Labute approximate surface area is 99.5 Å². The van der Waals surface area contributed by atoms with Crippen molar-refractivity contribution in [2.45, 2.75) is 25.9 Å². The van der Waals surface area contributed by atoms with Crippen LogP contribution < -0.4 is 0 Å². The molecule has 1 heterocycles. The van der Waals surface area contributed by atoms with Crippen LogP contribution in [-0.2, 0) is 19.9 Å². The average Bonchev–Trinajstić information content (AvgIpc) is 2.52. The molecule has 4 heteroatoms. The first-order valence-corrected chi connectivity index (χ1v) is 5.55. The van der Waals surface area contributed by atoms with Crippen LogP contribution in [0.25, 0.3) is 0 Å². The van der Waals surface area contributed by atoms with Gasteiger partial charge in [0.1, 0.15) is 5.60 Å². The number of cyclic esters (lactones) is 1. The van der Waals surface area contributed by atoms with Gasteiger partial charge in [-0.15, -0.1) is 0 Å². The van der Waals surface area contributed by atoms with Crippen LogP contribution in [0, 0.1) is 0 Å². The van der Waals surface area contributed by atoms with Crippen molar-refractivity contribution in [1.82, 2.24) is 0 Å². The fraction of sp³-hybridized carbons (Fsp3) is 0.385. The molecule has 0 N–H and O–H groups in total. The maximum atomic E-state index is 11.6. The maximum Gasteiger partial charge on any atom is 0.339 e. The van der Waals surface area contributed by atoms with Gasteiger partial charge in [-0.2, -0.15) is 0 Å². The molecular weight excluding hydrogens is 220 g/mol. The summed E-state index contributed by atoms with van der Waals surface area (Å²) in [5.74, 6) is -0.744. The average molecular weight is 234 g/mol. The summed E-state index contributed by atoms with van der Waals surface area (Å²) in [6, 6.07) is 7.11. The van der Waals surface area contributed by atoms with Crippen LogP contribution >= 0.6 is 0 Å². The molecule has 1 aliphatic heterocycles. The van der Waals surface area contributed by atoms with Crippen LogP contribution in [-0.4, -0.2) is 18.5 Å². The van der Waals surface area contributed by atoms with Crippen LogP contribution in [0.1, 0.15) is 36.2 Å². The molecule has 0 saturated heterocycles. The molecule has 1 atom stereocenters. The standard InChI is InChI=1S/C13H14O4/c1-3-16-11(14)8-13(2)10-7-5-4-6-9(10)12(15)17-13/h4-7H,3,8H2,1-2H3/t13-/m1/s1. The van der Waals surface area contributed by atoms with E-state index in [9.17, 15) is 9.59 Å². The summed E-state index contributed by atoms with van der Waals surface area (Å²) in [6.07, 6.45) is 0.0452. The summed E-state index contributed by atoms with van der Waals surface area (Å²) < 4.78 is 10.2. The zero-order chi connectivity index (χ0) is 12.5. The molecule has 4 nitrogen and oxygen atoms in total. The van der Waals surface area contributed by atoms with Crippen molar-refractivity contribution in [2.75, 3.05) is 6.61 Å². The largest absolute Gasteiger partial charge is 0.466 e. The van der Waals surface area contributed by atoms with Crippen LogP contribution in [0.5, 0.6) is 0 Å². The number of rotatable bonds is 3. The highest BCUT2D eigenvalue weighted by molar-refractivity contribution is 5.95. The van der Waals surface area contributed by atoms with Crippen molar-refractivity contribution in [3.63, 3.8) is 0 Å². The quantitative estimate of drug-likeness (QED) is 0.751. The van der Waals surface area contributed by atoms with Crippen LogP contribution in [0.4, 0.5) is 0 Å². The zero-order valence-electron chi connectivity index (χ0n) is 9.86. The van der Waals surface area contributed by atoms with Gasteiger partial charge in [0, 0.05) is 5.56 Å². The molecule has 17 heavy (non-hydrogen) atoms. The van der Waals surface area contributed by atoms with Gasteiger partial charge in [-0.05, 0) is 19.9 Å². The van der Waals surface area contributed by atoms with Crippen LogP contribution in [0.15, 0.2) is 24.3 Å². The number of ether oxygens (including phenoxy) is 2. The van der Waals surface area contributed by atoms with Gasteiger partial charge in [-0.3, -0.25) is 4.79 Å². The SMILES string of the molecule is CCOC(=O)C[C@@]1(C)OC(=O)c2ccccc21. The van der Waals surface area contributed by atoms with Gasteiger partial charge in [0.15, 0.2) is 0 Å². The third-order valence-corrected chi connectivity index (χ3v) is 2.82. The Morgan fingerprint density at radius 1 is 1.41 bits per heavy atom. The molecule has 0 bridgehead atoms. The monoisotopic (exact) mass is 234 g/mol. The van der Waals surface area contributed by atoms with E-state index in [4.69, 9.17) is 9.47 Å². The van der Waals surface area contributed by atoms with Gasteiger partial charge in [0.25, 0.3) is 0 Å². The Morgan fingerprint density at radius 2 is 2.12 bits per heavy atom. The Bertz CT molecular complexity index is 466. The second kappa shape index (κ2) is 4.20. The molecule has 0 aromatic heterocycles. The van der Waals surface area contributed by atoms with E-state index in [1.165, 1.54) is 0 Å². The first-order valence-electron chi connectivity index (χ1n) is 5.55. The van der Waals surface area contributed by atoms with Gasteiger partial charge < -0.3 is 9.47 Å². The van der Waals surface area contributed by atoms with Crippen molar-refractivity contribution < 1.29 is 19.1 Å². The topological polar surface area (TPSA) is 52.6 Å². The number of carbonyl (C=O) groups is 2. The third-order valence-electron chi connectivity index (χ3n) is 2.82. The molecule has 90 valence electrons. The van der Waals surface area contributed by atoms with E-state index in [-0.39, 0.29) is 18.4 Å². The molecular formula is C13H14O4. The molecule has 0 unspecified atom stereocenters. The second-order valence-corrected chi connectivity index (χ2v) is 4.15. The van der Waals surface area contributed by atoms with E-state index in [0.29, 0.717) is 12.2 Å². The molecule has 0 radical (unpaired) electrons. The molecule has 1 aromatic rings. The lowest BCUT2D eigenvalue weighted by Gasteiger charge is -2.22. The highest BCUT2D eigenvalue weighted by Crippen LogP contribution is 2.38. The predicted molar refractivity (Wildman–Crippen MR) is 60.5 cm³/mol. The number of hydrogen-bond acceptors (Lipinski definition) is 4. The first kappa shape index (κ1) is 11.6. The van der Waals surface area contributed by atoms with E-state index in [2.05, 4.69) is 0 Å². The zero-order valence-corrected chi connectivity index (χ0v) is 9.86. The number of fused-ring (bicyclic) bond motifs is 1. The minimum absolute atomic E-state index is 0.0452. The maximum absolute atomic E-state index is 11.6. The summed E-state index contributed by atoms with van der Waals surface area (Å²) in [4.78, 5) is 23.2. The van der Waals surface area contributed by atoms with E-state index in [0.717, 1.165) is 5.56 Å². The van der Waals surface area contributed by atoms with Crippen molar-refractivity contribution >= 4 is 11.9 Å². The lowest BCUT2D eigenvalue weighted by atomic mass is 9.91. The number of esters is 2. The Kier molecular flexibility index (Phi) is 2.88. The summed E-state index contributed by atoms with van der Waals surface area (Å²) in [6.45, 7) is 3.80. The summed E-state index contributed by atoms with van der Waals surface area (Å²) in [5.41, 5.74) is 0.372. The normalized spacial score (nSPS) is 21.9. The van der Waals surface area contributed by atoms with Crippen molar-refractivity contribution in [3.05, 3.63) is 35.4 Å². The highest BCUT2D eigenvalue weighted by atomic mass is 16.6. The van der Waals surface area contributed by atoms with Crippen molar-refractivity contribution in [1.29, 1.82) is 0 Å². The summed E-state index contributed by atoms with van der Waals surface area (Å²) >= 11 is 0. The molecule has 1 aliphatic rings. The Balaban J connectivity index is 2.28. The minimum Gasteiger partial charge on any atom is -0.466 e. The van der Waals surface area contributed by atoms with Crippen LogP contribution in [0.3, 0.4) is 0 Å². The molecule has 0 fully saturated rings. The molecule has 0 saturated carbocycles. The van der Waals surface area contributed by atoms with Crippen molar-refractivity contribution in [3.8, 4) is 0 Å². The first-order chi connectivity index (χ1) is 8.07. The van der Waals surface area contributed by atoms with Gasteiger partial charge >= 0.3 is 11.9 Å². The summed E-state index contributed by atoms with van der Waals surface area (Å²) in [5, 5.41) is 0. The molecule has 0 spiro atoms. The fourth-order valence-corrected chi connectivity index (χ4v) is 2.06. The number of benzene rings is 1. The molecule has 2 rings (SSSR count). The lowest BCUT2D eigenvalue weighted by Crippen LogP contribution is -2.26. The smallest absolute Gasteiger partial charge is 0.339 e.